The highest BCUT2D eigenvalue weighted by molar-refractivity contribution is 6.32. The lowest BCUT2D eigenvalue weighted by Crippen LogP contribution is -2.30. The highest BCUT2D eigenvalue weighted by Crippen LogP contribution is 2.26. The van der Waals surface area contributed by atoms with E-state index < -0.39 is 33.9 Å². The molecular weight excluding hydrogens is 286 g/mol. The first-order valence-corrected chi connectivity index (χ1v) is 6.18. The van der Waals surface area contributed by atoms with Crippen LogP contribution in [0.4, 0.5) is 5.69 Å². The molecule has 0 amide bonds. The van der Waals surface area contributed by atoms with Crippen molar-refractivity contribution in [3.05, 3.63) is 38.9 Å². The third kappa shape index (κ3) is 3.27. The van der Waals surface area contributed by atoms with Crippen LogP contribution in [-0.2, 0) is 9.59 Å². The molecule has 1 aromatic carbocycles. The van der Waals surface area contributed by atoms with Gasteiger partial charge in [0.2, 0.25) is 0 Å². The second-order valence-electron chi connectivity index (χ2n) is 4.15. The van der Waals surface area contributed by atoms with Crippen LogP contribution >= 0.6 is 11.6 Å². The fourth-order valence-corrected chi connectivity index (χ4v) is 1.95. The first-order chi connectivity index (χ1) is 9.29. The molecule has 6 nitrogen and oxygen atoms in total. The van der Waals surface area contributed by atoms with Crippen molar-refractivity contribution in [2.75, 3.05) is 0 Å². The summed E-state index contributed by atoms with van der Waals surface area (Å²) in [5, 5.41) is 11.0. The summed E-state index contributed by atoms with van der Waals surface area (Å²) >= 11 is 5.72. The van der Waals surface area contributed by atoms with Crippen LogP contribution in [0.1, 0.15) is 30.6 Å². The van der Waals surface area contributed by atoms with Crippen LogP contribution in [0.5, 0.6) is 0 Å². The zero-order valence-corrected chi connectivity index (χ0v) is 11.6. The van der Waals surface area contributed by atoms with E-state index in [1.807, 2.05) is 0 Å². The molecule has 1 rings (SSSR count). The predicted molar refractivity (Wildman–Crippen MR) is 71.9 cm³/mol. The van der Waals surface area contributed by atoms with Crippen molar-refractivity contribution >= 4 is 34.6 Å². The van der Waals surface area contributed by atoms with Crippen molar-refractivity contribution in [3.63, 3.8) is 0 Å². The van der Waals surface area contributed by atoms with Crippen LogP contribution in [0.3, 0.4) is 0 Å². The molecule has 1 aromatic rings. The average molecular weight is 298 g/mol. The molecule has 0 saturated heterocycles. The number of Topliss-reactive ketones (excluding diaryl/α,β-unsaturated/α-hetero) is 3. The predicted octanol–water partition coefficient (Wildman–Crippen LogP) is 2.62. The Hall–Kier alpha value is -2.08. The van der Waals surface area contributed by atoms with Crippen LogP contribution in [0.15, 0.2) is 18.2 Å². The fraction of sp³-hybridized carbons (Fsp3) is 0.308. The van der Waals surface area contributed by atoms with Crippen molar-refractivity contribution < 1.29 is 19.3 Å². The van der Waals surface area contributed by atoms with Crippen molar-refractivity contribution in [2.24, 2.45) is 5.92 Å². The Morgan fingerprint density at radius 2 is 1.95 bits per heavy atom. The van der Waals surface area contributed by atoms with E-state index in [2.05, 4.69) is 0 Å². The summed E-state index contributed by atoms with van der Waals surface area (Å²) in [5.41, 5.74) is -0.806. The van der Waals surface area contributed by atoms with E-state index in [1.165, 1.54) is 13.0 Å². The van der Waals surface area contributed by atoms with E-state index in [1.54, 1.807) is 0 Å². The van der Waals surface area contributed by atoms with Gasteiger partial charge in [-0.25, -0.2) is 0 Å². The zero-order valence-electron chi connectivity index (χ0n) is 10.9. The van der Waals surface area contributed by atoms with E-state index in [-0.39, 0.29) is 17.0 Å². The smallest absolute Gasteiger partial charge is 0.280 e. The van der Waals surface area contributed by atoms with Crippen LogP contribution in [0.2, 0.25) is 5.02 Å². The lowest BCUT2D eigenvalue weighted by molar-refractivity contribution is -0.385. The molecule has 0 aromatic heterocycles. The number of nitro benzene ring substituents is 1. The maximum Gasteiger partial charge on any atom is 0.280 e. The van der Waals surface area contributed by atoms with Crippen molar-refractivity contribution in [3.8, 4) is 0 Å². The molecule has 0 saturated carbocycles. The quantitative estimate of drug-likeness (QED) is 0.348. The third-order valence-electron chi connectivity index (χ3n) is 2.76. The summed E-state index contributed by atoms with van der Waals surface area (Å²) < 4.78 is 0. The minimum Gasteiger partial charge on any atom is -0.299 e. The monoisotopic (exact) mass is 297 g/mol. The molecule has 0 aliphatic heterocycles. The normalized spacial score (nSPS) is 11.8. The van der Waals surface area contributed by atoms with Crippen LogP contribution in [0, 0.1) is 16.0 Å². The van der Waals surface area contributed by atoms with Crippen molar-refractivity contribution in [1.82, 2.24) is 0 Å². The largest absolute Gasteiger partial charge is 0.299 e. The lowest BCUT2D eigenvalue weighted by Gasteiger charge is -2.11. The summed E-state index contributed by atoms with van der Waals surface area (Å²) in [4.78, 5) is 45.6. The fourth-order valence-electron chi connectivity index (χ4n) is 1.78. The van der Waals surface area contributed by atoms with Crippen LogP contribution in [0.25, 0.3) is 0 Å². The van der Waals surface area contributed by atoms with E-state index in [0.717, 1.165) is 19.1 Å². The van der Waals surface area contributed by atoms with Gasteiger partial charge in [0, 0.05) is 17.5 Å². The lowest BCUT2D eigenvalue weighted by atomic mass is 9.89. The minimum atomic E-state index is -1.52. The Balaban J connectivity index is 3.38. The summed E-state index contributed by atoms with van der Waals surface area (Å²) in [6.45, 7) is 2.62. The Morgan fingerprint density at radius 3 is 2.40 bits per heavy atom. The van der Waals surface area contributed by atoms with Gasteiger partial charge in [-0.3, -0.25) is 24.5 Å². The van der Waals surface area contributed by atoms with Gasteiger partial charge in [-0.15, -0.1) is 0 Å². The van der Waals surface area contributed by atoms with Crippen molar-refractivity contribution in [1.29, 1.82) is 0 Å². The molecule has 0 heterocycles. The molecule has 7 heteroatoms. The maximum absolute atomic E-state index is 12.3. The van der Waals surface area contributed by atoms with Gasteiger partial charge in [0.25, 0.3) is 5.69 Å². The SMILES string of the molecule is CCC(=O)C(C(C)=O)C(=O)c1cc(Cl)ccc1[N+](=O)[O-]. The second kappa shape index (κ2) is 6.38. The second-order valence-corrected chi connectivity index (χ2v) is 4.58. The highest BCUT2D eigenvalue weighted by atomic mass is 35.5. The molecule has 20 heavy (non-hydrogen) atoms. The zero-order chi connectivity index (χ0) is 15.4. The first-order valence-electron chi connectivity index (χ1n) is 5.80. The number of rotatable bonds is 6. The summed E-state index contributed by atoms with van der Waals surface area (Å²) in [5.74, 6) is -3.62. The van der Waals surface area contributed by atoms with E-state index >= 15 is 0 Å². The molecule has 1 unspecified atom stereocenters. The van der Waals surface area contributed by atoms with Gasteiger partial charge >= 0.3 is 0 Å². The number of carbonyl (C=O) groups is 3. The third-order valence-corrected chi connectivity index (χ3v) is 3.00. The van der Waals surface area contributed by atoms with Crippen molar-refractivity contribution in [2.45, 2.75) is 20.3 Å². The average Bonchev–Trinajstić information content (AvgIpc) is 2.37. The van der Waals surface area contributed by atoms with Gasteiger partial charge in [0.05, 0.1) is 10.5 Å². The summed E-state index contributed by atoms with van der Waals surface area (Å²) in [6.07, 6.45) is -0.00957. The molecule has 0 bridgehead atoms. The number of benzene rings is 1. The van der Waals surface area contributed by atoms with Gasteiger partial charge in [0.15, 0.2) is 11.6 Å². The van der Waals surface area contributed by atoms with Gasteiger partial charge in [-0.1, -0.05) is 18.5 Å². The maximum atomic E-state index is 12.3. The Morgan fingerprint density at radius 1 is 1.35 bits per heavy atom. The van der Waals surface area contributed by atoms with Gasteiger partial charge in [-0.2, -0.15) is 0 Å². The van der Waals surface area contributed by atoms with Gasteiger partial charge in [0.1, 0.15) is 11.7 Å². The van der Waals surface area contributed by atoms with E-state index in [4.69, 9.17) is 11.6 Å². The summed E-state index contributed by atoms with van der Waals surface area (Å²) in [7, 11) is 0. The molecule has 0 radical (unpaired) electrons. The van der Waals surface area contributed by atoms with E-state index in [0.29, 0.717) is 0 Å². The number of hydrogen-bond acceptors (Lipinski definition) is 5. The molecule has 1 atom stereocenters. The number of carbonyl (C=O) groups excluding carboxylic acids is 3. The molecule has 0 N–H and O–H groups in total. The number of nitro groups is 1. The Bertz CT molecular complexity index is 596. The molecule has 0 aliphatic carbocycles. The number of ketones is 3. The summed E-state index contributed by atoms with van der Waals surface area (Å²) in [6, 6.07) is 3.44. The number of hydrogen-bond donors (Lipinski definition) is 0. The van der Waals surface area contributed by atoms with Crippen LogP contribution < -0.4 is 0 Å². The van der Waals surface area contributed by atoms with Gasteiger partial charge < -0.3 is 0 Å². The molecule has 0 fully saturated rings. The van der Waals surface area contributed by atoms with E-state index in [9.17, 15) is 24.5 Å². The Labute approximate surface area is 119 Å². The first kappa shape index (κ1) is 16.0. The minimum absolute atomic E-state index is 0.00957. The van der Waals surface area contributed by atoms with Crippen LogP contribution in [-0.4, -0.2) is 22.3 Å². The molecule has 0 spiro atoms. The topological polar surface area (TPSA) is 94.3 Å². The highest BCUT2D eigenvalue weighted by Gasteiger charge is 2.34. The van der Waals surface area contributed by atoms with Gasteiger partial charge in [-0.05, 0) is 19.1 Å². The standard InChI is InChI=1S/C13H12ClNO5/c1-3-11(17)12(7(2)16)13(18)9-6-8(14)4-5-10(9)15(19)20/h4-6,12H,3H2,1-2H3. The molecular formula is C13H12ClNO5. The number of nitrogens with zero attached hydrogens (tertiary/aromatic N) is 1. The number of halogens is 1. The Kier molecular flexibility index (Phi) is 5.10. The molecule has 106 valence electrons. The molecule has 0 aliphatic rings.